The van der Waals surface area contributed by atoms with Crippen molar-refractivity contribution in [2.75, 3.05) is 13.2 Å². The smallest absolute Gasteiger partial charge is 0.123 e. The Balaban J connectivity index is 2.07. The summed E-state index contributed by atoms with van der Waals surface area (Å²) >= 11 is 0. The molecule has 83 valence electrons. The van der Waals surface area contributed by atoms with Crippen LogP contribution < -0.4 is 0 Å². The first-order chi connectivity index (χ1) is 7.33. The van der Waals surface area contributed by atoms with E-state index in [0.717, 1.165) is 37.9 Å². The van der Waals surface area contributed by atoms with E-state index in [2.05, 4.69) is 6.92 Å². The van der Waals surface area contributed by atoms with E-state index in [9.17, 15) is 4.39 Å². The number of hydrogen-bond acceptors (Lipinski definition) is 1. The topological polar surface area (TPSA) is 9.23 Å². The highest BCUT2D eigenvalue weighted by Gasteiger charge is 1.94. The second-order valence-electron chi connectivity index (χ2n) is 3.55. The van der Waals surface area contributed by atoms with Crippen molar-refractivity contribution in [3.8, 4) is 0 Å². The molecule has 0 bridgehead atoms. The van der Waals surface area contributed by atoms with Crippen molar-refractivity contribution in [2.24, 2.45) is 0 Å². The molecule has 0 spiro atoms. The highest BCUT2D eigenvalue weighted by molar-refractivity contribution is 5.15. The molecule has 0 aliphatic rings. The third-order valence-corrected chi connectivity index (χ3v) is 2.24. The first-order valence-electron chi connectivity index (χ1n) is 5.44. The summed E-state index contributed by atoms with van der Waals surface area (Å²) in [5.74, 6) is -0.185. The number of ether oxygens (including phenoxy) is 1. The summed E-state index contributed by atoms with van der Waals surface area (Å²) in [6, 6.07) is 6.57. The molecule has 0 fully saturated rings. The van der Waals surface area contributed by atoms with Crippen LogP contribution in [0.1, 0.15) is 24.8 Å². The van der Waals surface area contributed by atoms with E-state index in [1.165, 1.54) is 12.1 Å². The van der Waals surface area contributed by atoms with E-state index in [-0.39, 0.29) is 5.82 Å². The van der Waals surface area contributed by atoms with Crippen molar-refractivity contribution in [2.45, 2.75) is 25.7 Å². The maximum atomic E-state index is 12.6. The molecule has 1 rings (SSSR count). The maximum Gasteiger partial charge on any atom is 0.123 e. The number of unbranched alkanes of at least 4 members (excludes halogenated alkanes) is 2. The molecule has 0 aliphatic heterocycles. The average Bonchev–Trinajstić information content (AvgIpc) is 2.26. The Morgan fingerprint density at radius 1 is 1.07 bits per heavy atom. The van der Waals surface area contributed by atoms with Crippen LogP contribution in [0.2, 0.25) is 0 Å². The molecule has 0 unspecified atom stereocenters. The lowest BCUT2D eigenvalue weighted by atomic mass is 10.2. The first-order valence-corrected chi connectivity index (χ1v) is 5.44. The minimum Gasteiger partial charge on any atom is -0.381 e. The van der Waals surface area contributed by atoms with Crippen molar-refractivity contribution in [1.82, 2.24) is 0 Å². The van der Waals surface area contributed by atoms with E-state index in [1.807, 2.05) is 0 Å². The third-order valence-electron chi connectivity index (χ3n) is 2.24. The van der Waals surface area contributed by atoms with Gasteiger partial charge in [0.05, 0.1) is 6.61 Å². The van der Waals surface area contributed by atoms with Crippen LogP contribution in [0.15, 0.2) is 24.3 Å². The predicted molar refractivity (Wildman–Crippen MR) is 60.1 cm³/mol. The van der Waals surface area contributed by atoms with Gasteiger partial charge in [-0.05, 0) is 30.5 Å². The van der Waals surface area contributed by atoms with Gasteiger partial charge < -0.3 is 4.74 Å². The number of benzene rings is 1. The summed E-state index contributed by atoms with van der Waals surface area (Å²) in [4.78, 5) is 0. The molecule has 0 heterocycles. The van der Waals surface area contributed by atoms with Crippen LogP contribution in [0.3, 0.4) is 0 Å². The zero-order valence-corrected chi connectivity index (χ0v) is 9.05. The molecule has 0 amide bonds. The highest BCUT2D eigenvalue weighted by atomic mass is 19.1. The normalized spacial score (nSPS) is 10.5. The molecular weight excluding hydrogens is 191 g/mol. The van der Waals surface area contributed by atoms with Crippen LogP contribution in [0.4, 0.5) is 4.39 Å². The van der Waals surface area contributed by atoms with Gasteiger partial charge in [-0.3, -0.25) is 0 Å². The Labute approximate surface area is 91.3 Å². The number of halogens is 1. The predicted octanol–water partition coefficient (Wildman–Crippen LogP) is 3.39. The molecule has 0 atom stereocenters. The van der Waals surface area contributed by atoms with Crippen molar-refractivity contribution in [1.29, 1.82) is 0 Å². The summed E-state index contributed by atoms with van der Waals surface area (Å²) in [5, 5.41) is 0. The zero-order chi connectivity index (χ0) is 10.9. The summed E-state index contributed by atoms with van der Waals surface area (Å²) in [7, 11) is 0. The van der Waals surface area contributed by atoms with Crippen molar-refractivity contribution < 1.29 is 9.13 Å². The molecular formula is C13H18FO. The van der Waals surface area contributed by atoms with Gasteiger partial charge in [0, 0.05) is 6.61 Å². The Hall–Kier alpha value is -0.890. The summed E-state index contributed by atoms with van der Waals surface area (Å²) in [5.41, 5.74) is 1.12. The molecule has 0 aliphatic carbocycles. The largest absolute Gasteiger partial charge is 0.381 e. The Bertz CT molecular complexity index is 256. The zero-order valence-electron chi connectivity index (χ0n) is 9.05. The fourth-order valence-electron chi connectivity index (χ4n) is 1.32. The number of hydrogen-bond donors (Lipinski definition) is 0. The van der Waals surface area contributed by atoms with Gasteiger partial charge in [-0.25, -0.2) is 4.39 Å². The summed E-state index contributed by atoms with van der Waals surface area (Å²) in [6.45, 7) is 5.28. The second-order valence-corrected chi connectivity index (χ2v) is 3.55. The van der Waals surface area contributed by atoms with E-state index in [0.29, 0.717) is 6.61 Å². The maximum absolute atomic E-state index is 12.6. The van der Waals surface area contributed by atoms with Gasteiger partial charge in [0.1, 0.15) is 5.82 Å². The Morgan fingerprint density at radius 2 is 1.80 bits per heavy atom. The minimum absolute atomic E-state index is 0.185. The highest BCUT2D eigenvalue weighted by Crippen LogP contribution is 2.03. The van der Waals surface area contributed by atoms with Gasteiger partial charge in [0.15, 0.2) is 0 Å². The van der Waals surface area contributed by atoms with Crippen molar-refractivity contribution in [3.05, 3.63) is 42.6 Å². The summed E-state index contributed by atoms with van der Waals surface area (Å²) in [6.07, 6.45) is 4.02. The fourth-order valence-corrected chi connectivity index (χ4v) is 1.32. The molecule has 1 aromatic rings. The molecule has 2 heteroatoms. The monoisotopic (exact) mass is 209 g/mol. The van der Waals surface area contributed by atoms with Crippen LogP contribution in [-0.2, 0) is 11.2 Å². The van der Waals surface area contributed by atoms with Gasteiger partial charge in [0.2, 0.25) is 0 Å². The molecule has 15 heavy (non-hydrogen) atoms. The fraction of sp³-hybridized carbons (Fsp3) is 0.462. The minimum atomic E-state index is -0.185. The van der Waals surface area contributed by atoms with Gasteiger partial charge in [-0.2, -0.15) is 0 Å². The Kier molecular flexibility index (Phi) is 6.02. The van der Waals surface area contributed by atoms with Crippen LogP contribution in [0.5, 0.6) is 0 Å². The molecule has 0 aromatic heterocycles. The van der Waals surface area contributed by atoms with E-state index in [4.69, 9.17) is 4.74 Å². The molecule has 0 saturated heterocycles. The lowest BCUT2D eigenvalue weighted by Gasteiger charge is -2.03. The summed E-state index contributed by atoms with van der Waals surface area (Å²) < 4.78 is 18.0. The van der Waals surface area contributed by atoms with Gasteiger partial charge in [-0.1, -0.05) is 31.9 Å². The van der Waals surface area contributed by atoms with Crippen molar-refractivity contribution in [3.63, 3.8) is 0 Å². The molecule has 0 N–H and O–H groups in total. The molecule has 1 nitrogen and oxygen atoms in total. The number of rotatable bonds is 7. The van der Waals surface area contributed by atoms with Crippen LogP contribution in [0.25, 0.3) is 0 Å². The quantitative estimate of drug-likeness (QED) is 0.625. The lowest BCUT2D eigenvalue weighted by molar-refractivity contribution is 0.133. The van der Waals surface area contributed by atoms with Crippen LogP contribution in [0, 0.1) is 12.7 Å². The van der Waals surface area contributed by atoms with Crippen LogP contribution in [-0.4, -0.2) is 13.2 Å². The second kappa shape index (κ2) is 7.41. The SMILES string of the molecule is [CH2]CCCCOCCc1ccc(F)cc1. The van der Waals surface area contributed by atoms with Gasteiger partial charge in [0.25, 0.3) is 0 Å². The standard InChI is InChI=1S/C13H18FO/c1-2-3-4-10-15-11-9-12-5-7-13(14)8-6-12/h5-8H,1-4,9-11H2. The van der Waals surface area contributed by atoms with E-state index >= 15 is 0 Å². The van der Waals surface area contributed by atoms with Gasteiger partial charge in [-0.15, -0.1) is 0 Å². The van der Waals surface area contributed by atoms with Crippen molar-refractivity contribution >= 4 is 0 Å². The van der Waals surface area contributed by atoms with Crippen LogP contribution >= 0.6 is 0 Å². The average molecular weight is 209 g/mol. The van der Waals surface area contributed by atoms with E-state index in [1.54, 1.807) is 12.1 Å². The first kappa shape index (κ1) is 12.2. The van der Waals surface area contributed by atoms with E-state index < -0.39 is 0 Å². The van der Waals surface area contributed by atoms with Gasteiger partial charge >= 0.3 is 0 Å². The lowest BCUT2D eigenvalue weighted by Crippen LogP contribution is -2.00. The third kappa shape index (κ3) is 5.53. The molecule has 1 radical (unpaired) electrons. The molecule has 1 aromatic carbocycles. The molecule has 0 saturated carbocycles. The Morgan fingerprint density at radius 3 is 2.47 bits per heavy atom.